The second kappa shape index (κ2) is 9.10. The predicted octanol–water partition coefficient (Wildman–Crippen LogP) is 6.11. The fourth-order valence-corrected chi connectivity index (χ4v) is 3.98. The second-order valence-corrected chi connectivity index (χ2v) is 8.02. The van der Waals surface area contributed by atoms with Gasteiger partial charge in [0.15, 0.2) is 0 Å². The molecule has 0 saturated carbocycles. The molecule has 4 aromatic rings. The number of carbonyl (C=O) groups excluding carboxylic acids is 1. The van der Waals surface area contributed by atoms with Crippen LogP contribution in [0.5, 0.6) is 5.75 Å². The highest BCUT2D eigenvalue weighted by Crippen LogP contribution is 2.30. The molecule has 0 fully saturated rings. The first-order chi connectivity index (χ1) is 15.0. The molecule has 0 unspecified atom stereocenters. The van der Waals surface area contributed by atoms with Crippen molar-refractivity contribution in [1.29, 1.82) is 0 Å². The van der Waals surface area contributed by atoms with E-state index < -0.39 is 5.82 Å². The van der Waals surface area contributed by atoms with E-state index in [0.29, 0.717) is 22.9 Å². The minimum Gasteiger partial charge on any atom is -0.489 e. The topological polar surface area (TPSA) is 42.4 Å². The van der Waals surface area contributed by atoms with E-state index in [1.54, 1.807) is 24.6 Å². The SMILES string of the molecule is Cc1cccc(COc2ccc(-c3nc(C(=O)N(C)c4ccccc4)cs3)c(F)c2)c1. The lowest BCUT2D eigenvalue weighted by Gasteiger charge is -2.15. The van der Waals surface area contributed by atoms with Crippen LogP contribution in [0.15, 0.2) is 78.2 Å². The van der Waals surface area contributed by atoms with Crippen LogP contribution in [0.3, 0.4) is 0 Å². The van der Waals surface area contributed by atoms with Crippen molar-refractivity contribution in [2.24, 2.45) is 0 Å². The summed E-state index contributed by atoms with van der Waals surface area (Å²) in [6.07, 6.45) is 0. The number of halogens is 1. The second-order valence-electron chi connectivity index (χ2n) is 7.16. The van der Waals surface area contributed by atoms with E-state index in [0.717, 1.165) is 16.8 Å². The maximum absolute atomic E-state index is 14.8. The molecule has 3 aromatic carbocycles. The van der Waals surface area contributed by atoms with Gasteiger partial charge in [-0.2, -0.15) is 0 Å². The van der Waals surface area contributed by atoms with Crippen molar-refractivity contribution in [3.05, 3.63) is 101 Å². The summed E-state index contributed by atoms with van der Waals surface area (Å²) in [5.41, 5.74) is 3.56. The summed E-state index contributed by atoms with van der Waals surface area (Å²) in [5, 5.41) is 2.10. The molecule has 4 nitrogen and oxygen atoms in total. The molecule has 0 radical (unpaired) electrons. The molecule has 4 rings (SSSR count). The van der Waals surface area contributed by atoms with Gasteiger partial charge in [0.2, 0.25) is 0 Å². The number of hydrogen-bond donors (Lipinski definition) is 0. The van der Waals surface area contributed by atoms with Gasteiger partial charge in [-0.05, 0) is 36.8 Å². The van der Waals surface area contributed by atoms with Gasteiger partial charge in [0.1, 0.15) is 28.9 Å². The Morgan fingerprint density at radius 3 is 2.61 bits per heavy atom. The van der Waals surface area contributed by atoms with Crippen molar-refractivity contribution in [2.45, 2.75) is 13.5 Å². The third kappa shape index (κ3) is 4.81. The van der Waals surface area contributed by atoms with Crippen molar-refractivity contribution < 1.29 is 13.9 Å². The summed E-state index contributed by atoms with van der Waals surface area (Å²) in [6.45, 7) is 2.38. The maximum atomic E-state index is 14.8. The van der Waals surface area contributed by atoms with E-state index in [2.05, 4.69) is 4.98 Å². The number of ether oxygens (including phenoxy) is 1. The molecule has 1 aromatic heterocycles. The van der Waals surface area contributed by atoms with E-state index in [1.165, 1.54) is 22.3 Å². The molecule has 0 bridgehead atoms. The number of amides is 1. The Morgan fingerprint density at radius 2 is 1.87 bits per heavy atom. The number of rotatable bonds is 6. The van der Waals surface area contributed by atoms with Crippen LogP contribution in [0, 0.1) is 12.7 Å². The minimum atomic E-state index is -0.438. The third-order valence-electron chi connectivity index (χ3n) is 4.83. The largest absolute Gasteiger partial charge is 0.489 e. The molecule has 0 N–H and O–H groups in total. The van der Waals surface area contributed by atoms with Crippen molar-refractivity contribution in [3.63, 3.8) is 0 Å². The molecule has 1 heterocycles. The lowest BCUT2D eigenvalue weighted by Crippen LogP contribution is -2.26. The summed E-state index contributed by atoms with van der Waals surface area (Å²) in [7, 11) is 1.69. The first-order valence-electron chi connectivity index (χ1n) is 9.78. The van der Waals surface area contributed by atoms with Crippen LogP contribution in [0.4, 0.5) is 10.1 Å². The van der Waals surface area contributed by atoms with Gasteiger partial charge in [-0.1, -0.05) is 48.0 Å². The zero-order valence-electron chi connectivity index (χ0n) is 17.2. The van der Waals surface area contributed by atoms with Crippen molar-refractivity contribution in [1.82, 2.24) is 4.98 Å². The van der Waals surface area contributed by atoms with E-state index in [9.17, 15) is 9.18 Å². The molecule has 31 heavy (non-hydrogen) atoms. The Balaban J connectivity index is 1.47. The maximum Gasteiger partial charge on any atom is 0.277 e. The zero-order valence-corrected chi connectivity index (χ0v) is 18.0. The fourth-order valence-electron chi connectivity index (χ4n) is 3.16. The predicted molar refractivity (Wildman–Crippen MR) is 122 cm³/mol. The number of aryl methyl sites for hydroxylation is 1. The van der Waals surface area contributed by atoms with Crippen LogP contribution in [-0.4, -0.2) is 17.9 Å². The summed E-state index contributed by atoms with van der Waals surface area (Å²) >= 11 is 1.24. The van der Waals surface area contributed by atoms with E-state index in [4.69, 9.17) is 4.74 Å². The summed E-state index contributed by atoms with van der Waals surface area (Å²) in [4.78, 5) is 18.6. The number of thiazole rings is 1. The van der Waals surface area contributed by atoms with Gasteiger partial charge >= 0.3 is 0 Å². The van der Waals surface area contributed by atoms with Gasteiger partial charge < -0.3 is 9.64 Å². The summed E-state index contributed by atoms with van der Waals surface area (Å²) in [5.74, 6) is -0.238. The quantitative estimate of drug-likeness (QED) is 0.369. The first kappa shape index (κ1) is 20.8. The van der Waals surface area contributed by atoms with Gasteiger partial charge in [-0.15, -0.1) is 11.3 Å². The highest BCUT2D eigenvalue weighted by atomic mass is 32.1. The average molecular weight is 433 g/mol. The van der Waals surface area contributed by atoms with Gasteiger partial charge in [0, 0.05) is 29.7 Å². The normalized spacial score (nSPS) is 10.7. The van der Waals surface area contributed by atoms with Crippen molar-refractivity contribution in [3.8, 4) is 16.3 Å². The molecule has 0 aliphatic rings. The molecule has 0 aliphatic carbocycles. The highest BCUT2D eigenvalue weighted by molar-refractivity contribution is 7.13. The molecule has 0 saturated heterocycles. The molecular weight excluding hydrogens is 411 g/mol. The number of hydrogen-bond acceptors (Lipinski definition) is 4. The number of aromatic nitrogens is 1. The summed E-state index contributed by atoms with van der Waals surface area (Å²) in [6, 6.07) is 22.0. The minimum absolute atomic E-state index is 0.243. The van der Waals surface area contributed by atoms with Gasteiger partial charge in [-0.25, -0.2) is 9.37 Å². The molecule has 156 valence electrons. The van der Waals surface area contributed by atoms with E-state index in [-0.39, 0.29) is 11.6 Å². The van der Waals surface area contributed by atoms with Crippen LogP contribution in [-0.2, 0) is 6.61 Å². The molecule has 0 aliphatic heterocycles. The Bertz CT molecular complexity index is 1210. The number of anilines is 1. The smallest absolute Gasteiger partial charge is 0.277 e. The monoisotopic (exact) mass is 432 g/mol. The third-order valence-corrected chi connectivity index (χ3v) is 5.71. The Hall–Kier alpha value is -3.51. The number of para-hydroxylation sites is 1. The van der Waals surface area contributed by atoms with E-state index in [1.807, 2.05) is 61.5 Å². The van der Waals surface area contributed by atoms with Gasteiger partial charge in [0.05, 0.1) is 0 Å². The number of benzene rings is 3. The molecule has 0 atom stereocenters. The van der Waals surface area contributed by atoms with Crippen LogP contribution in [0.25, 0.3) is 10.6 Å². The average Bonchev–Trinajstić information content (AvgIpc) is 3.27. The van der Waals surface area contributed by atoms with Crippen LogP contribution in [0.2, 0.25) is 0 Å². The standard InChI is InChI=1S/C25H21FN2O2S/c1-17-7-6-8-18(13-17)15-30-20-11-12-21(22(26)14-20)24-27-23(16-31-24)25(29)28(2)19-9-4-3-5-10-19/h3-14,16H,15H2,1-2H3. The van der Waals surface area contributed by atoms with Crippen molar-refractivity contribution in [2.75, 3.05) is 11.9 Å². The Labute approximate surface area is 184 Å². The molecule has 6 heteroatoms. The first-order valence-corrected chi connectivity index (χ1v) is 10.7. The van der Waals surface area contributed by atoms with Crippen LogP contribution in [0.1, 0.15) is 21.6 Å². The number of nitrogens with zero attached hydrogens (tertiary/aromatic N) is 2. The lowest BCUT2D eigenvalue weighted by atomic mass is 10.1. The molecular formula is C25H21FN2O2S. The van der Waals surface area contributed by atoms with Crippen LogP contribution >= 0.6 is 11.3 Å². The van der Waals surface area contributed by atoms with Crippen molar-refractivity contribution >= 4 is 22.9 Å². The van der Waals surface area contributed by atoms with Gasteiger partial charge in [0.25, 0.3) is 5.91 Å². The van der Waals surface area contributed by atoms with Crippen LogP contribution < -0.4 is 9.64 Å². The number of carbonyl (C=O) groups is 1. The fraction of sp³-hybridized carbons (Fsp3) is 0.120. The van der Waals surface area contributed by atoms with E-state index >= 15 is 0 Å². The Kier molecular flexibility index (Phi) is 6.09. The lowest BCUT2D eigenvalue weighted by molar-refractivity contribution is 0.0989. The molecule has 0 spiro atoms. The zero-order chi connectivity index (χ0) is 21.8. The Morgan fingerprint density at radius 1 is 1.06 bits per heavy atom. The highest BCUT2D eigenvalue weighted by Gasteiger charge is 2.19. The summed E-state index contributed by atoms with van der Waals surface area (Å²) < 4.78 is 20.5. The van der Waals surface area contributed by atoms with Gasteiger partial charge in [-0.3, -0.25) is 4.79 Å². The molecule has 1 amide bonds.